The van der Waals surface area contributed by atoms with E-state index in [1.807, 2.05) is 4.90 Å². The Morgan fingerprint density at radius 1 is 1.35 bits per heavy atom. The zero-order valence-electron chi connectivity index (χ0n) is 9.72. The van der Waals surface area contributed by atoms with E-state index in [9.17, 15) is 9.59 Å². The van der Waals surface area contributed by atoms with Crippen molar-refractivity contribution in [1.82, 2.24) is 15.1 Å². The van der Waals surface area contributed by atoms with Gasteiger partial charge in [-0.25, -0.2) is 0 Å². The van der Waals surface area contributed by atoms with Crippen LogP contribution in [0.5, 0.6) is 0 Å². The number of carbonyl (C=O) groups excluding carboxylic acids is 2. The van der Waals surface area contributed by atoms with E-state index < -0.39 is 0 Å². The molecule has 0 radical (unpaired) electrons. The van der Waals surface area contributed by atoms with E-state index in [-0.39, 0.29) is 24.4 Å². The van der Waals surface area contributed by atoms with E-state index in [4.69, 9.17) is 0 Å². The standard InChI is InChI=1S/C11H17N3O2S/c15-10-5-13(3-4-14(10)8-1-2-8)11(16)9-6-17-7-12-9/h8-9,12H,1-7H2/t9-/m1/s1. The minimum Gasteiger partial charge on any atom is -0.336 e. The fourth-order valence-electron chi connectivity index (χ4n) is 2.42. The Morgan fingerprint density at radius 3 is 2.76 bits per heavy atom. The van der Waals surface area contributed by atoms with E-state index in [1.165, 1.54) is 0 Å². The number of piperazine rings is 1. The second-order valence-electron chi connectivity index (χ2n) is 4.85. The molecular formula is C11H17N3O2S. The van der Waals surface area contributed by atoms with Crippen LogP contribution in [0.2, 0.25) is 0 Å². The second kappa shape index (κ2) is 4.49. The van der Waals surface area contributed by atoms with Gasteiger partial charge < -0.3 is 9.80 Å². The SMILES string of the molecule is O=C([C@H]1CSCN1)N1CCN(C2CC2)C(=O)C1. The molecule has 0 spiro atoms. The van der Waals surface area contributed by atoms with Crippen molar-refractivity contribution in [2.24, 2.45) is 0 Å². The van der Waals surface area contributed by atoms with Crippen LogP contribution in [0.3, 0.4) is 0 Å². The van der Waals surface area contributed by atoms with Crippen molar-refractivity contribution in [1.29, 1.82) is 0 Å². The maximum Gasteiger partial charge on any atom is 0.242 e. The van der Waals surface area contributed by atoms with Crippen LogP contribution in [0.4, 0.5) is 0 Å². The second-order valence-corrected chi connectivity index (χ2v) is 5.88. The predicted octanol–water partition coefficient (Wildman–Crippen LogP) is -0.518. The Bertz CT molecular complexity index is 340. The molecule has 0 bridgehead atoms. The van der Waals surface area contributed by atoms with Crippen LogP contribution in [0, 0.1) is 0 Å². The first-order valence-electron chi connectivity index (χ1n) is 6.15. The molecule has 0 unspecified atom stereocenters. The van der Waals surface area contributed by atoms with E-state index in [1.54, 1.807) is 16.7 Å². The summed E-state index contributed by atoms with van der Waals surface area (Å²) >= 11 is 1.74. The van der Waals surface area contributed by atoms with Crippen LogP contribution >= 0.6 is 11.8 Å². The summed E-state index contributed by atoms with van der Waals surface area (Å²) in [6.07, 6.45) is 2.28. The third-order valence-corrected chi connectivity index (χ3v) is 4.51. The molecule has 0 aromatic rings. The normalized spacial score (nSPS) is 29.9. The molecule has 1 aliphatic carbocycles. The van der Waals surface area contributed by atoms with Crippen molar-refractivity contribution >= 4 is 23.6 Å². The number of hydrogen-bond donors (Lipinski definition) is 1. The maximum absolute atomic E-state index is 12.1. The number of thioether (sulfide) groups is 1. The van der Waals surface area contributed by atoms with Gasteiger partial charge in [0.25, 0.3) is 0 Å². The van der Waals surface area contributed by atoms with Gasteiger partial charge in [0, 0.05) is 30.8 Å². The summed E-state index contributed by atoms with van der Waals surface area (Å²) in [5.41, 5.74) is 0. The number of carbonyl (C=O) groups is 2. The summed E-state index contributed by atoms with van der Waals surface area (Å²) in [6, 6.07) is 0.389. The van der Waals surface area contributed by atoms with Gasteiger partial charge in [0.15, 0.2) is 0 Å². The summed E-state index contributed by atoms with van der Waals surface area (Å²) in [5.74, 6) is 1.89. The molecule has 2 saturated heterocycles. The van der Waals surface area contributed by atoms with Crippen molar-refractivity contribution in [3.63, 3.8) is 0 Å². The quantitative estimate of drug-likeness (QED) is 0.721. The van der Waals surface area contributed by atoms with Crippen LogP contribution in [-0.4, -0.2) is 65.0 Å². The minimum absolute atomic E-state index is 0.0831. The van der Waals surface area contributed by atoms with Gasteiger partial charge in [-0.15, -0.1) is 11.8 Å². The first-order chi connectivity index (χ1) is 8.25. The molecule has 1 atom stereocenters. The van der Waals surface area contributed by atoms with Gasteiger partial charge in [0.05, 0.1) is 12.6 Å². The van der Waals surface area contributed by atoms with Crippen molar-refractivity contribution in [2.75, 3.05) is 31.3 Å². The third kappa shape index (κ3) is 2.28. The van der Waals surface area contributed by atoms with Gasteiger partial charge >= 0.3 is 0 Å². The van der Waals surface area contributed by atoms with Crippen molar-refractivity contribution in [3.05, 3.63) is 0 Å². The van der Waals surface area contributed by atoms with Gasteiger partial charge in [-0.1, -0.05) is 0 Å². The lowest BCUT2D eigenvalue weighted by molar-refractivity contribution is -0.146. The summed E-state index contributed by atoms with van der Waals surface area (Å²) in [4.78, 5) is 27.7. The smallest absolute Gasteiger partial charge is 0.242 e. The van der Waals surface area contributed by atoms with E-state index in [0.717, 1.165) is 31.0 Å². The number of amides is 2. The molecule has 3 rings (SSSR count). The molecule has 2 aliphatic heterocycles. The number of nitrogens with zero attached hydrogens (tertiary/aromatic N) is 2. The van der Waals surface area contributed by atoms with Gasteiger partial charge in [0.1, 0.15) is 0 Å². The highest BCUT2D eigenvalue weighted by Gasteiger charge is 2.38. The highest BCUT2D eigenvalue weighted by Crippen LogP contribution is 2.28. The van der Waals surface area contributed by atoms with Gasteiger partial charge in [-0.2, -0.15) is 0 Å². The highest BCUT2D eigenvalue weighted by atomic mass is 32.2. The molecular weight excluding hydrogens is 238 g/mol. The number of hydrogen-bond acceptors (Lipinski definition) is 4. The average molecular weight is 255 g/mol. The summed E-state index contributed by atoms with van der Waals surface area (Å²) < 4.78 is 0. The predicted molar refractivity (Wildman–Crippen MR) is 65.6 cm³/mol. The molecule has 1 saturated carbocycles. The van der Waals surface area contributed by atoms with Crippen LogP contribution in [0.25, 0.3) is 0 Å². The minimum atomic E-state index is -0.0831. The summed E-state index contributed by atoms with van der Waals surface area (Å²) in [7, 11) is 0. The Morgan fingerprint density at radius 2 is 2.18 bits per heavy atom. The Hall–Kier alpha value is -0.750. The maximum atomic E-state index is 12.1. The van der Waals surface area contributed by atoms with Crippen molar-refractivity contribution in [3.8, 4) is 0 Å². The molecule has 0 aromatic heterocycles. The first kappa shape index (κ1) is 11.3. The Kier molecular flexibility index (Phi) is 3.00. The topological polar surface area (TPSA) is 52.7 Å². The zero-order valence-corrected chi connectivity index (χ0v) is 10.5. The molecule has 1 N–H and O–H groups in total. The van der Waals surface area contributed by atoms with Crippen molar-refractivity contribution < 1.29 is 9.59 Å². The monoisotopic (exact) mass is 255 g/mol. The average Bonchev–Trinajstić information content (AvgIpc) is 3.02. The molecule has 5 nitrogen and oxygen atoms in total. The third-order valence-electron chi connectivity index (χ3n) is 3.57. The highest BCUT2D eigenvalue weighted by molar-refractivity contribution is 7.99. The fraction of sp³-hybridized carbons (Fsp3) is 0.818. The first-order valence-corrected chi connectivity index (χ1v) is 7.30. The Balaban J connectivity index is 1.58. The number of nitrogens with one attached hydrogen (secondary N) is 1. The molecule has 6 heteroatoms. The lowest BCUT2D eigenvalue weighted by atomic mass is 10.2. The largest absolute Gasteiger partial charge is 0.336 e. The molecule has 17 heavy (non-hydrogen) atoms. The van der Waals surface area contributed by atoms with Gasteiger partial charge in [-0.3, -0.25) is 14.9 Å². The Labute approximate surface area is 105 Å². The van der Waals surface area contributed by atoms with E-state index in [2.05, 4.69) is 5.32 Å². The molecule has 3 aliphatic rings. The molecule has 2 amide bonds. The lowest BCUT2D eigenvalue weighted by Gasteiger charge is -2.35. The summed E-state index contributed by atoms with van der Waals surface area (Å²) in [5, 5.41) is 3.16. The molecule has 0 aromatic carbocycles. The van der Waals surface area contributed by atoms with Crippen LogP contribution in [-0.2, 0) is 9.59 Å². The van der Waals surface area contributed by atoms with Gasteiger partial charge in [0.2, 0.25) is 11.8 Å². The van der Waals surface area contributed by atoms with Crippen LogP contribution < -0.4 is 5.32 Å². The van der Waals surface area contributed by atoms with Gasteiger partial charge in [-0.05, 0) is 12.8 Å². The van der Waals surface area contributed by atoms with E-state index in [0.29, 0.717) is 12.6 Å². The molecule has 2 heterocycles. The lowest BCUT2D eigenvalue weighted by Crippen LogP contribution is -2.56. The van der Waals surface area contributed by atoms with Crippen LogP contribution in [0.15, 0.2) is 0 Å². The van der Waals surface area contributed by atoms with E-state index >= 15 is 0 Å². The zero-order chi connectivity index (χ0) is 11.8. The molecule has 94 valence electrons. The molecule has 3 fully saturated rings. The summed E-state index contributed by atoms with van der Waals surface area (Å²) in [6.45, 7) is 1.69. The fourth-order valence-corrected chi connectivity index (χ4v) is 3.35. The van der Waals surface area contributed by atoms with Crippen LogP contribution in [0.1, 0.15) is 12.8 Å². The number of rotatable bonds is 2. The van der Waals surface area contributed by atoms with Crippen molar-refractivity contribution in [2.45, 2.75) is 24.9 Å².